The number of primary amides is 1. The van der Waals surface area contributed by atoms with Crippen molar-refractivity contribution >= 4 is 5.91 Å². The number of hydrogen-bond donors (Lipinski definition) is 1. The molecule has 0 aliphatic rings. The normalized spacial score (nSPS) is 11.8. The number of amides is 1. The van der Waals surface area contributed by atoms with Crippen LogP contribution in [0, 0.1) is 5.41 Å². The first-order chi connectivity index (χ1) is 12.1. The predicted molar refractivity (Wildman–Crippen MR) is 112 cm³/mol. The molecule has 0 aliphatic carbocycles. The largest absolute Gasteiger partial charge is 0.369 e. The zero-order valence-electron chi connectivity index (χ0n) is 17.7. The zero-order valence-corrected chi connectivity index (χ0v) is 17.7. The van der Waals surface area contributed by atoms with Gasteiger partial charge in [0.15, 0.2) is 0 Å². The Balaban J connectivity index is 3.73. The highest BCUT2D eigenvalue weighted by Gasteiger charge is 2.29. The lowest BCUT2D eigenvalue weighted by Gasteiger charge is -2.26. The van der Waals surface area contributed by atoms with Crippen LogP contribution in [0.5, 0.6) is 0 Å². The van der Waals surface area contributed by atoms with Gasteiger partial charge in [-0.25, -0.2) is 0 Å². The summed E-state index contributed by atoms with van der Waals surface area (Å²) >= 11 is 0. The van der Waals surface area contributed by atoms with Gasteiger partial charge in [0.25, 0.3) is 0 Å². The minimum absolute atomic E-state index is 0.0848. The quantitative estimate of drug-likeness (QED) is 0.239. The molecule has 0 aromatic heterocycles. The highest BCUT2D eigenvalue weighted by atomic mass is 16.1. The first kappa shape index (κ1) is 24.5. The van der Waals surface area contributed by atoms with Gasteiger partial charge in [0.1, 0.15) is 0 Å². The van der Waals surface area contributed by atoms with Crippen LogP contribution in [0.2, 0.25) is 0 Å². The van der Waals surface area contributed by atoms with Crippen molar-refractivity contribution in [2.24, 2.45) is 11.1 Å². The third-order valence-electron chi connectivity index (χ3n) is 5.76. The lowest BCUT2D eigenvalue weighted by Crippen LogP contribution is -2.34. The van der Waals surface area contributed by atoms with Gasteiger partial charge in [0, 0.05) is 5.41 Å². The molecule has 0 rings (SSSR count). The van der Waals surface area contributed by atoms with Gasteiger partial charge in [-0.15, -0.1) is 0 Å². The summed E-state index contributed by atoms with van der Waals surface area (Å²) in [4.78, 5) is 11.9. The fourth-order valence-corrected chi connectivity index (χ4v) is 3.67. The third-order valence-corrected chi connectivity index (χ3v) is 5.76. The van der Waals surface area contributed by atoms with E-state index in [2.05, 4.69) is 20.8 Å². The van der Waals surface area contributed by atoms with Crippen LogP contribution in [0.1, 0.15) is 136 Å². The van der Waals surface area contributed by atoms with E-state index in [1.54, 1.807) is 0 Å². The minimum Gasteiger partial charge on any atom is -0.369 e. The summed E-state index contributed by atoms with van der Waals surface area (Å²) < 4.78 is 0. The second kappa shape index (κ2) is 16.9. The van der Waals surface area contributed by atoms with Crippen molar-refractivity contribution in [1.82, 2.24) is 0 Å². The topological polar surface area (TPSA) is 43.1 Å². The number of nitrogens with two attached hydrogens (primary N) is 1. The van der Waals surface area contributed by atoms with Crippen molar-refractivity contribution in [2.75, 3.05) is 0 Å². The predicted octanol–water partition coefficient (Wildman–Crippen LogP) is 7.54. The monoisotopic (exact) mass is 353 g/mol. The van der Waals surface area contributed by atoms with Gasteiger partial charge in [0.2, 0.25) is 5.91 Å². The lowest BCUT2D eigenvalue weighted by molar-refractivity contribution is -0.127. The molecule has 0 bridgehead atoms. The van der Waals surface area contributed by atoms with Crippen LogP contribution in [0.15, 0.2) is 0 Å². The van der Waals surface area contributed by atoms with Gasteiger partial charge >= 0.3 is 0 Å². The maximum absolute atomic E-state index is 11.9. The molecule has 150 valence electrons. The van der Waals surface area contributed by atoms with Crippen LogP contribution in [-0.2, 0) is 4.79 Å². The Morgan fingerprint density at radius 2 is 0.880 bits per heavy atom. The van der Waals surface area contributed by atoms with E-state index >= 15 is 0 Å². The highest BCUT2D eigenvalue weighted by molar-refractivity contribution is 5.80. The second-order valence-electron chi connectivity index (χ2n) is 8.37. The molecule has 2 N–H and O–H groups in total. The van der Waals surface area contributed by atoms with Gasteiger partial charge in [-0.1, -0.05) is 124 Å². The van der Waals surface area contributed by atoms with Crippen molar-refractivity contribution in [3.8, 4) is 0 Å². The molecule has 0 fully saturated rings. The molecule has 25 heavy (non-hydrogen) atoms. The third kappa shape index (κ3) is 14.3. The van der Waals surface area contributed by atoms with Crippen LogP contribution in [0.25, 0.3) is 0 Å². The van der Waals surface area contributed by atoms with E-state index in [1.807, 2.05) is 0 Å². The van der Waals surface area contributed by atoms with Crippen molar-refractivity contribution < 1.29 is 4.79 Å². The smallest absolute Gasteiger partial charge is 0.223 e. The summed E-state index contributed by atoms with van der Waals surface area (Å²) in [6.07, 6.45) is 23.0. The fraction of sp³-hybridized carbons (Fsp3) is 0.957. The van der Waals surface area contributed by atoms with E-state index in [0.29, 0.717) is 0 Å². The number of hydrogen-bond acceptors (Lipinski definition) is 1. The average molecular weight is 354 g/mol. The minimum atomic E-state index is -0.273. The number of carbonyl (C=O) groups excluding carboxylic acids is 1. The van der Waals surface area contributed by atoms with Crippen molar-refractivity contribution in [3.63, 3.8) is 0 Å². The van der Waals surface area contributed by atoms with Gasteiger partial charge in [-0.05, 0) is 12.8 Å². The maximum atomic E-state index is 11.9. The molecule has 0 heterocycles. The highest BCUT2D eigenvalue weighted by Crippen LogP contribution is 2.31. The molecule has 0 aromatic carbocycles. The molecule has 0 unspecified atom stereocenters. The Labute approximate surface area is 158 Å². The molecule has 0 saturated carbocycles. The van der Waals surface area contributed by atoms with Crippen molar-refractivity contribution in [3.05, 3.63) is 0 Å². The van der Waals surface area contributed by atoms with Gasteiger partial charge in [0.05, 0.1) is 0 Å². The van der Waals surface area contributed by atoms with E-state index in [1.165, 1.54) is 89.9 Å². The van der Waals surface area contributed by atoms with Crippen LogP contribution in [0.3, 0.4) is 0 Å². The van der Waals surface area contributed by atoms with Crippen LogP contribution in [-0.4, -0.2) is 5.91 Å². The zero-order chi connectivity index (χ0) is 18.8. The average Bonchev–Trinajstić information content (AvgIpc) is 2.59. The summed E-state index contributed by atoms with van der Waals surface area (Å²) in [6.45, 7) is 6.62. The molecule has 0 aromatic rings. The number of carbonyl (C=O) groups is 1. The first-order valence-corrected chi connectivity index (χ1v) is 11.4. The second-order valence-corrected chi connectivity index (χ2v) is 8.37. The Bertz CT molecular complexity index is 280. The molecule has 0 saturated heterocycles. The van der Waals surface area contributed by atoms with E-state index < -0.39 is 0 Å². The summed E-state index contributed by atoms with van der Waals surface area (Å²) in [7, 11) is 0. The summed E-state index contributed by atoms with van der Waals surface area (Å²) in [5.74, 6) is -0.0848. The maximum Gasteiger partial charge on any atom is 0.223 e. The molecule has 2 nitrogen and oxygen atoms in total. The summed E-state index contributed by atoms with van der Waals surface area (Å²) in [5.41, 5.74) is 5.45. The van der Waals surface area contributed by atoms with E-state index in [9.17, 15) is 4.79 Å². The first-order valence-electron chi connectivity index (χ1n) is 11.4. The molecular weight excluding hydrogens is 306 g/mol. The summed E-state index contributed by atoms with van der Waals surface area (Å²) in [6, 6.07) is 0. The van der Waals surface area contributed by atoms with Crippen LogP contribution < -0.4 is 5.73 Å². The summed E-state index contributed by atoms with van der Waals surface area (Å²) in [5, 5.41) is 0. The van der Waals surface area contributed by atoms with Crippen molar-refractivity contribution in [1.29, 1.82) is 0 Å². The lowest BCUT2D eigenvalue weighted by atomic mass is 9.79. The van der Waals surface area contributed by atoms with Crippen LogP contribution in [0.4, 0.5) is 0 Å². The number of unbranched alkanes of at least 4 members (excludes halogenated alkanes) is 14. The standard InChI is InChI=1S/C23H47NO/c1-4-6-8-10-12-14-16-18-20-23(3,22(24)25)21-19-17-15-13-11-9-7-5-2/h4-21H2,1-3H3,(H2,24,25). The van der Waals surface area contributed by atoms with E-state index in [-0.39, 0.29) is 11.3 Å². The molecule has 0 spiro atoms. The molecule has 1 amide bonds. The van der Waals surface area contributed by atoms with E-state index in [0.717, 1.165) is 25.7 Å². The Morgan fingerprint density at radius 3 is 1.16 bits per heavy atom. The van der Waals surface area contributed by atoms with E-state index in [4.69, 9.17) is 5.73 Å². The van der Waals surface area contributed by atoms with Gasteiger partial charge < -0.3 is 5.73 Å². The molecule has 0 radical (unpaired) electrons. The molecule has 0 aliphatic heterocycles. The number of rotatable bonds is 19. The SMILES string of the molecule is CCCCCCCCCCC(C)(CCCCCCCCCC)C(N)=O. The van der Waals surface area contributed by atoms with Gasteiger partial charge in [-0.2, -0.15) is 0 Å². The fourth-order valence-electron chi connectivity index (χ4n) is 3.67. The molecule has 0 atom stereocenters. The molecular formula is C23H47NO. The Kier molecular flexibility index (Phi) is 16.6. The van der Waals surface area contributed by atoms with Crippen molar-refractivity contribution in [2.45, 2.75) is 136 Å². The Morgan fingerprint density at radius 1 is 0.600 bits per heavy atom. The van der Waals surface area contributed by atoms with Gasteiger partial charge in [-0.3, -0.25) is 4.79 Å². The van der Waals surface area contributed by atoms with Crippen LogP contribution >= 0.6 is 0 Å². The Hall–Kier alpha value is -0.530. The molecule has 2 heteroatoms.